The predicted molar refractivity (Wildman–Crippen MR) is 118 cm³/mol. The number of hydrogen-bond acceptors (Lipinski definition) is 6. The number of hydrogen-bond donors (Lipinski definition) is 1. The molecule has 2 heterocycles. The van der Waals surface area contributed by atoms with Crippen molar-refractivity contribution >= 4 is 17.5 Å². The van der Waals surface area contributed by atoms with Gasteiger partial charge in [-0.15, -0.1) is 0 Å². The van der Waals surface area contributed by atoms with E-state index in [-0.39, 0.29) is 12.1 Å². The molecule has 2 amide bonds. The molecule has 1 aromatic carbocycles. The van der Waals surface area contributed by atoms with Gasteiger partial charge in [-0.2, -0.15) is 5.26 Å². The molecular weight excluding hydrogens is 394 g/mol. The maximum Gasteiger partial charge on any atom is 0.321 e. The van der Waals surface area contributed by atoms with E-state index in [2.05, 4.69) is 21.3 Å². The van der Waals surface area contributed by atoms with Gasteiger partial charge in [-0.25, -0.2) is 9.78 Å². The zero-order valence-corrected chi connectivity index (χ0v) is 17.7. The van der Waals surface area contributed by atoms with Crippen molar-refractivity contribution in [3.63, 3.8) is 0 Å². The van der Waals surface area contributed by atoms with E-state index in [1.165, 1.54) is 12.8 Å². The Morgan fingerprint density at radius 2 is 1.90 bits per heavy atom. The molecule has 2 fully saturated rings. The van der Waals surface area contributed by atoms with Crippen molar-refractivity contribution in [1.29, 1.82) is 5.26 Å². The number of pyridine rings is 1. The standard InChI is InChI=1S/C23H27N5O3/c1-30-20-8-7-18(14-21(20)31-19-4-2-3-5-19)26-23(29)28-12-10-27(11-13-28)22-9-6-17(15-24)16-25-22/h6-9,14,16,19H,2-5,10-13H2,1H3,(H,26,29). The monoisotopic (exact) mass is 421 g/mol. The molecule has 8 nitrogen and oxygen atoms in total. The lowest BCUT2D eigenvalue weighted by molar-refractivity contribution is 0.201. The molecule has 1 aromatic heterocycles. The van der Waals surface area contributed by atoms with E-state index < -0.39 is 0 Å². The van der Waals surface area contributed by atoms with Crippen molar-refractivity contribution in [2.45, 2.75) is 31.8 Å². The van der Waals surface area contributed by atoms with Gasteiger partial charge in [0.2, 0.25) is 0 Å². The first-order valence-corrected chi connectivity index (χ1v) is 10.7. The SMILES string of the molecule is COc1ccc(NC(=O)N2CCN(c3ccc(C#N)cn3)CC2)cc1OC1CCCC1. The highest BCUT2D eigenvalue weighted by molar-refractivity contribution is 5.90. The second kappa shape index (κ2) is 9.56. The van der Waals surface area contributed by atoms with Gasteiger partial charge in [0, 0.05) is 44.1 Å². The lowest BCUT2D eigenvalue weighted by atomic mass is 10.2. The van der Waals surface area contributed by atoms with Crippen LogP contribution in [-0.4, -0.2) is 55.3 Å². The number of amides is 2. The molecule has 0 radical (unpaired) electrons. The van der Waals surface area contributed by atoms with E-state index in [0.29, 0.717) is 48.9 Å². The summed E-state index contributed by atoms with van der Waals surface area (Å²) in [6, 6.07) is 11.0. The Kier molecular flexibility index (Phi) is 6.41. The van der Waals surface area contributed by atoms with Crippen LogP contribution in [0.4, 0.5) is 16.3 Å². The molecule has 1 aliphatic heterocycles. The lowest BCUT2D eigenvalue weighted by Gasteiger charge is -2.35. The average molecular weight is 422 g/mol. The Morgan fingerprint density at radius 1 is 1.13 bits per heavy atom. The molecule has 31 heavy (non-hydrogen) atoms. The van der Waals surface area contributed by atoms with Gasteiger partial charge in [0.25, 0.3) is 0 Å². The van der Waals surface area contributed by atoms with Gasteiger partial charge < -0.3 is 24.6 Å². The number of methoxy groups -OCH3 is 1. The van der Waals surface area contributed by atoms with Crippen LogP contribution in [0.3, 0.4) is 0 Å². The number of piperazine rings is 1. The Balaban J connectivity index is 1.34. The predicted octanol–water partition coefficient (Wildman–Crippen LogP) is 3.64. The zero-order chi connectivity index (χ0) is 21.6. The third-order valence-electron chi connectivity index (χ3n) is 5.78. The number of benzene rings is 1. The van der Waals surface area contributed by atoms with Crippen molar-refractivity contribution in [1.82, 2.24) is 9.88 Å². The summed E-state index contributed by atoms with van der Waals surface area (Å²) in [5.41, 5.74) is 1.23. The summed E-state index contributed by atoms with van der Waals surface area (Å²) in [5, 5.41) is 11.9. The Labute approximate surface area is 182 Å². The topological polar surface area (TPSA) is 90.7 Å². The first kappa shape index (κ1) is 20.8. The minimum atomic E-state index is -0.135. The summed E-state index contributed by atoms with van der Waals surface area (Å²) in [6.07, 6.45) is 6.27. The van der Waals surface area contributed by atoms with Crippen LogP contribution in [0, 0.1) is 11.3 Å². The number of carbonyl (C=O) groups is 1. The van der Waals surface area contributed by atoms with Crippen molar-refractivity contribution in [2.75, 3.05) is 43.5 Å². The third-order valence-corrected chi connectivity index (χ3v) is 5.78. The molecule has 8 heteroatoms. The maximum atomic E-state index is 12.8. The Bertz CT molecular complexity index is 943. The number of aromatic nitrogens is 1. The molecule has 2 aliphatic rings. The molecule has 4 rings (SSSR count). The second-order valence-electron chi connectivity index (χ2n) is 7.81. The number of urea groups is 1. The molecule has 0 spiro atoms. The van der Waals surface area contributed by atoms with E-state index in [9.17, 15) is 4.79 Å². The first-order chi connectivity index (χ1) is 15.2. The van der Waals surface area contributed by atoms with E-state index >= 15 is 0 Å². The number of carbonyl (C=O) groups excluding carboxylic acids is 1. The van der Waals surface area contributed by atoms with Crippen LogP contribution in [0.5, 0.6) is 11.5 Å². The van der Waals surface area contributed by atoms with Crippen LogP contribution < -0.4 is 19.7 Å². The molecule has 0 bridgehead atoms. The minimum absolute atomic E-state index is 0.135. The van der Waals surface area contributed by atoms with Gasteiger partial charge >= 0.3 is 6.03 Å². The van der Waals surface area contributed by atoms with Gasteiger partial charge in [0.1, 0.15) is 11.9 Å². The molecule has 1 saturated heterocycles. The van der Waals surface area contributed by atoms with Crippen LogP contribution in [-0.2, 0) is 0 Å². The van der Waals surface area contributed by atoms with E-state index in [1.807, 2.05) is 24.3 Å². The number of ether oxygens (including phenoxy) is 2. The number of nitrogens with zero attached hydrogens (tertiary/aromatic N) is 4. The van der Waals surface area contributed by atoms with Crippen molar-refractivity contribution in [2.24, 2.45) is 0 Å². The highest BCUT2D eigenvalue weighted by Gasteiger charge is 2.23. The van der Waals surface area contributed by atoms with Gasteiger partial charge in [-0.1, -0.05) is 0 Å². The van der Waals surface area contributed by atoms with Gasteiger partial charge in [0.15, 0.2) is 11.5 Å². The molecule has 1 N–H and O–H groups in total. The third kappa shape index (κ3) is 5.00. The fourth-order valence-electron chi connectivity index (χ4n) is 4.01. The molecule has 0 unspecified atom stereocenters. The van der Waals surface area contributed by atoms with Crippen LogP contribution in [0.1, 0.15) is 31.2 Å². The van der Waals surface area contributed by atoms with E-state index in [4.69, 9.17) is 14.7 Å². The van der Waals surface area contributed by atoms with E-state index in [1.54, 1.807) is 24.3 Å². The van der Waals surface area contributed by atoms with Crippen LogP contribution in [0.25, 0.3) is 0 Å². The summed E-state index contributed by atoms with van der Waals surface area (Å²) in [7, 11) is 1.62. The number of nitrogens with one attached hydrogen (secondary N) is 1. The van der Waals surface area contributed by atoms with Gasteiger partial charge in [-0.05, 0) is 49.9 Å². The van der Waals surface area contributed by atoms with Crippen molar-refractivity contribution < 1.29 is 14.3 Å². The summed E-state index contributed by atoms with van der Waals surface area (Å²) < 4.78 is 11.5. The van der Waals surface area contributed by atoms with Crippen LogP contribution >= 0.6 is 0 Å². The largest absolute Gasteiger partial charge is 0.493 e. The molecule has 2 aromatic rings. The van der Waals surface area contributed by atoms with Gasteiger partial charge in [0.05, 0.1) is 18.8 Å². The average Bonchev–Trinajstić information content (AvgIpc) is 3.32. The second-order valence-corrected chi connectivity index (χ2v) is 7.81. The van der Waals surface area contributed by atoms with Crippen molar-refractivity contribution in [3.05, 3.63) is 42.1 Å². The summed E-state index contributed by atoms with van der Waals surface area (Å²) >= 11 is 0. The van der Waals surface area contributed by atoms with Crippen LogP contribution in [0.2, 0.25) is 0 Å². The van der Waals surface area contributed by atoms with Crippen molar-refractivity contribution in [3.8, 4) is 17.6 Å². The highest BCUT2D eigenvalue weighted by atomic mass is 16.5. The first-order valence-electron chi connectivity index (χ1n) is 10.7. The molecule has 1 saturated carbocycles. The fourth-order valence-corrected chi connectivity index (χ4v) is 4.01. The highest BCUT2D eigenvalue weighted by Crippen LogP contribution is 2.34. The molecule has 0 atom stereocenters. The lowest BCUT2D eigenvalue weighted by Crippen LogP contribution is -2.50. The Morgan fingerprint density at radius 3 is 2.55 bits per heavy atom. The summed E-state index contributed by atoms with van der Waals surface area (Å²) in [4.78, 5) is 21.0. The van der Waals surface area contributed by atoms with Crippen LogP contribution in [0.15, 0.2) is 36.5 Å². The van der Waals surface area contributed by atoms with Gasteiger partial charge in [-0.3, -0.25) is 0 Å². The summed E-state index contributed by atoms with van der Waals surface area (Å²) in [5.74, 6) is 2.17. The minimum Gasteiger partial charge on any atom is -0.493 e. The molecule has 162 valence electrons. The quantitative estimate of drug-likeness (QED) is 0.793. The number of anilines is 2. The maximum absolute atomic E-state index is 12.8. The fraction of sp³-hybridized carbons (Fsp3) is 0.435. The summed E-state index contributed by atoms with van der Waals surface area (Å²) in [6.45, 7) is 2.56. The zero-order valence-electron chi connectivity index (χ0n) is 17.7. The number of rotatable bonds is 5. The number of nitriles is 1. The normalized spacial score (nSPS) is 16.6. The smallest absolute Gasteiger partial charge is 0.321 e. The Hall–Kier alpha value is -3.47. The molecule has 1 aliphatic carbocycles. The molecular formula is C23H27N5O3. The van der Waals surface area contributed by atoms with E-state index in [0.717, 1.165) is 18.7 Å².